The average Bonchev–Trinajstić information content (AvgIpc) is 2.64. The van der Waals surface area contributed by atoms with Gasteiger partial charge in [-0.1, -0.05) is 44.7 Å². The van der Waals surface area contributed by atoms with Crippen LogP contribution >= 0.6 is 11.8 Å². The molecule has 2 aromatic rings. The molecule has 25 heavy (non-hydrogen) atoms. The fourth-order valence-electron chi connectivity index (χ4n) is 2.69. The summed E-state index contributed by atoms with van der Waals surface area (Å²) in [5.41, 5.74) is 0.637. The fourth-order valence-corrected chi connectivity index (χ4v) is 3.60. The molecule has 0 unspecified atom stereocenters. The third-order valence-electron chi connectivity index (χ3n) is 4.49. The van der Waals surface area contributed by atoms with Gasteiger partial charge in [0.2, 0.25) is 5.91 Å². The molecule has 1 N–H and O–H groups in total. The smallest absolute Gasteiger partial charge is 0.262 e. The van der Waals surface area contributed by atoms with Crippen molar-refractivity contribution in [3.63, 3.8) is 0 Å². The molecule has 5 nitrogen and oxygen atoms in total. The molecular formula is C19H27N3O2S. The molecule has 1 heterocycles. The van der Waals surface area contributed by atoms with Crippen molar-refractivity contribution < 1.29 is 4.79 Å². The largest absolute Gasteiger partial charge is 0.353 e. The summed E-state index contributed by atoms with van der Waals surface area (Å²) < 4.78 is 1.72. The Balaban J connectivity index is 2.30. The van der Waals surface area contributed by atoms with Crippen LogP contribution in [0.3, 0.4) is 0 Å². The topological polar surface area (TPSA) is 64.0 Å². The zero-order chi connectivity index (χ0) is 18.4. The van der Waals surface area contributed by atoms with Gasteiger partial charge in [-0.3, -0.25) is 14.2 Å². The highest BCUT2D eigenvalue weighted by molar-refractivity contribution is 7.99. The number of hydrogen-bond donors (Lipinski definition) is 1. The van der Waals surface area contributed by atoms with Gasteiger partial charge in [-0.25, -0.2) is 4.98 Å². The Morgan fingerprint density at radius 1 is 1.20 bits per heavy atom. The lowest BCUT2D eigenvalue weighted by Gasteiger charge is -2.19. The van der Waals surface area contributed by atoms with Crippen molar-refractivity contribution in [2.24, 2.45) is 0 Å². The molecular weight excluding hydrogens is 334 g/mol. The maximum atomic E-state index is 12.9. The maximum absolute atomic E-state index is 12.9. The SMILES string of the molecule is CCC(CC)NC(=O)CSc1nc2ccccc2c(=O)n1[C@H](C)CC. The van der Waals surface area contributed by atoms with Crippen molar-refractivity contribution in [3.8, 4) is 0 Å². The van der Waals surface area contributed by atoms with Gasteiger partial charge < -0.3 is 5.32 Å². The number of hydrogen-bond acceptors (Lipinski definition) is 4. The average molecular weight is 362 g/mol. The van der Waals surface area contributed by atoms with E-state index in [0.717, 1.165) is 19.3 Å². The van der Waals surface area contributed by atoms with Crippen LogP contribution in [-0.4, -0.2) is 27.3 Å². The summed E-state index contributed by atoms with van der Waals surface area (Å²) in [6, 6.07) is 7.60. The molecule has 6 heteroatoms. The van der Waals surface area contributed by atoms with Crippen molar-refractivity contribution in [2.45, 2.75) is 64.2 Å². The highest BCUT2D eigenvalue weighted by atomic mass is 32.2. The Kier molecular flexibility index (Phi) is 7.05. The summed E-state index contributed by atoms with van der Waals surface area (Å²) in [5.74, 6) is 0.245. The number of benzene rings is 1. The van der Waals surface area contributed by atoms with E-state index < -0.39 is 0 Å². The number of para-hydroxylation sites is 1. The van der Waals surface area contributed by atoms with Crippen LogP contribution in [0.15, 0.2) is 34.2 Å². The Labute approximate surface area is 153 Å². The van der Waals surface area contributed by atoms with Gasteiger partial charge in [-0.2, -0.15) is 0 Å². The number of nitrogens with zero attached hydrogens (tertiary/aromatic N) is 2. The molecule has 1 amide bonds. The number of amides is 1. The van der Waals surface area contributed by atoms with E-state index in [-0.39, 0.29) is 29.3 Å². The molecule has 0 bridgehead atoms. The van der Waals surface area contributed by atoms with Crippen LogP contribution in [0.4, 0.5) is 0 Å². The van der Waals surface area contributed by atoms with Crippen molar-refractivity contribution in [3.05, 3.63) is 34.6 Å². The zero-order valence-electron chi connectivity index (χ0n) is 15.4. The Bertz CT molecular complexity index is 784. The molecule has 0 aliphatic rings. The number of carbonyl (C=O) groups excluding carboxylic acids is 1. The van der Waals surface area contributed by atoms with Crippen molar-refractivity contribution >= 4 is 28.6 Å². The standard InChI is InChI=1S/C19H27N3O2S/c1-5-13(4)22-18(24)15-10-8-9-11-16(15)21-19(22)25-12-17(23)20-14(6-2)7-3/h8-11,13-14H,5-7,12H2,1-4H3,(H,20,23)/t13-/m1/s1. The molecule has 1 aromatic carbocycles. The zero-order valence-corrected chi connectivity index (χ0v) is 16.2. The minimum absolute atomic E-state index is 0.0168. The molecule has 0 aliphatic carbocycles. The summed E-state index contributed by atoms with van der Waals surface area (Å²) in [6.45, 7) is 8.17. The first-order valence-corrected chi connectivity index (χ1v) is 9.93. The van der Waals surface area contributed by atoms with Gasteiger partial charge in [0.15, 0.2) is 5.16 Å². The lowest BCUT2D eigenvalue weighted by molar-refractivity contribution is -0.119. The summed E-state index contributed by atoms with van der Waals surface area (Å²) in [5, 5.41) is 4.25. The van der Waals surface area contributed by atoms with Crippen LogP contribution < -0.4 is 10.9 Å². The van der Waals surface area contributed by atoms with Gasteiger partial charge in [0.05, 0.1) is 16.7 Å². The number of rotatable bonds is 8. The van der Waals surface area contributed by atoms with E-state index in [1.165, 1.54) is 11.8 Å². The van der Waals surface area contributed by atoms with E-state index >= 15 is 0 Å². The van der Waals surface area contributed by atoms with E-state index in [1.54, 1.807) is 10.6 Å². The van der Waals surface area contributed by atoms with Crippen molar-refractivity contribution in [1.29, 1.82) is 0 Å². The molecule has 0 radical (unpaired) electrons. The number of carbonyl (C=O) groups is 1. The van der Waals surface area contributed by atoms with Crippen LogP contribution in [0.2, 0.25) is 0 Å². The lowest BCUT2D eigenvalue weighted by Crippen LogP contribution is -2.35. The van der Waals surface area contributed by atoms with E-state index in [0.29, 0.717) is 16.1 Å². The quantitative estimate of drug-likeness (QED) is 0.574. The second-order valence-corrected chi connectivity index (χ2v) is 7.16. The molecule has 0 aliphatic heterocycles. The van der Waals surface area contributed by atoms with E-state index in [2.05, 4.69) is 24.1 Å². The highest BCUT2D eigenvalue weighted by Crippen LogP contribution is 2.22. The molecule has 0 saturated heterocycles. The minimum atomic E-state index is -0.0390. The molecule has 2 rings (SSSR count). The third-order valence-corrected chi connectivity index (χ3v) is 5.44. The van der Waals surface area contributed by atoms with Gasteiger partial charge in [-0.05, 0) is 38.3 Å². The first kappa shape index (κ1) is 19.5. The molecule has 0 spiro atoms. The van der Waals surface area contributed by atoms with E-state index in [9.17, 15) is 9.59 Å². The Morgan fingerprint density at radius 2 is 1.88 bits per heavy atom. The molecule has 0 fully saturated rings. The Hall–Kier alpha value is -1.82. The second kappa shape index (κ2) is 9.04. The first-order valence-electron chi connectivity index (χ1n) is 8.95. The third kappa shape index (κ3) is 4.63. The summed E-state index contributed by atoms with van der Waals surface area (Å²) in [6.07, 6.45) is 2.66. The van der Waals surface area contributed by atoms with E-state index in [1.807, 2.05) is 32.0 Å². The van der Waals surface area contributed by atoms with Crippen molar-refractivity contribution in [2.75, 3.05) is 5.75 Å². The summed E-state index contributed by atoms with van der Waals surface area (Å²) in [4.78, 5) is 29.7. The van der Waals surface area contributed by atoms with Crippen LogP contribution in [0.25, 0.3) is 10.9 Å². The van der Waals surface area contributed by atoms with Crippen LogP contribution in [-0.2, 0) is 4.79 Å². The second-order valence-electron chi connectivity index (χ2n) is 6.21. The number of fused-ring (bicyclic) bond motifs is 1. The van der Waals surface area contributed by atoms with Gasteiger partial charge in [0, 0.05) is 12.1 Å². The molecule has 0 saturated carbocycles. The summed E-state index contributed by atoms with van der Waals surface area (Å²) >= 11 is 1.33. The van der Waals surface area contributed by atoms with Gasteiger partial charge in [-0.15, -0.1) is 0 Å². The fraction of sp³-hybridized carbons (Fsp3) is 0.526. The van der Waals surface area contributed by atoms with E-state index in [4.69, 9.17) is 0 Å². The predicted molar refractivity (Wildman–Crippen MR) is 104 cm³/mol. The normalized spacial score (nSPS) is 12.5. The van der Waals surface area contributed by atoms with Crippen LogP contribution in [0, 0.1) is 0 Å². The van der Waals surface area contributed by atoms with Gasteiger partial charge >= 0.3 is 0 Å². The number of thioether (sulfide) groups is 1. The predicted octanol–water partition coefficient (Wildman–Crippen LogP) is 3.76. The van der Waals surface area contributed by atoms with Gasteiger partial charge in [0.25, 0.3) is 5.56 Å². The van der Waals surface area contributed by atoms with Crippen molar-refractivity contribution in [1.82, 2.24) is 14.9 Å². The molecule has 136 valence electrons. The lowest BCUT2D eigenvalue weighted by atomic mass is 10.2. The molecule has 1 atom stereocenters. The number of aromatic nitrogens is 2. The van der Waals surface area contributed by atoms with Gasteiger partial charge in [0.1, 0.15) is 0 Å². The van der Waals surface area contributed by atoms with Crippen LogP contribution in [0.5, 0.6) is 0 Å². The minimum Gasteiger partial charge on any atom is -0.353 e. The number of nitrogens with one attached hydrogen (secondary N) is 1. The first-order chi connectivity index (χ1) is 12.0. The Morgan fingerprint density at radius 3 is 2.52 bits per heavy atom. The highest BCUT2D eigenvalue weighted by Gasteiger charge is 2.17. The maximum Gasteiger partial charge on any atom is 0.262 e. The molecule has 1 aromatic heterocycles. The summed E-state index contributed by atoms with van der Waals surface area (Å²) in [7, 11) is 0. The monoisotopic (exact) mass is 361 g/mol. The van der Waals surface area contributed by atoms with Crippen LogP contribution in [0.1, 0.15) is 53.0 Å².